The third-order valence-electron chi connectivity index (χ3n) is 5.21. The molecule has 3 aromatic carbocycles. The molecule has 0 spiro atoms. The second kappa shape index (κ2) is 12.3. The third kappa shape index (κ3) is 7.39. The summed E-state index contributed by atoms with van der Waals surface area (Å²) in [5, 5.41) is 19.1. The van der Waals surface area contributed by atoms with E-state index in [1.165, 1.54) is 49.5 Å². The number of anilines is 2. The molecule has 0 saturated heterocycles. The van der Waals surface area contributed by atoms with Crippen molar-refractivity contribution in [3.63, 3.8) is 0 Å². The van der Waals surface area contributed by atoms with E-state index < -0.39 is 35.6 Å². The first kappa shape index (κ1) is 26.9. The van der Waals surface area contributed by atoms with Crippen LogP contribution in [0.4, 0.5) is 11.4 Å². The zero-order valence-electron chi connectivity index (χ0n) is 19.6. The molecule has 11 heteroatoms. The number of hydrogen-bond donors (Lipinski definition) is 5. The quantitative estimate of drug-likeness (QED) is 0.287. The molecule has 0 fully saturated rings. The minimum absolute atomic E-state index is 0.0228. The number of carbonyl (C=O) groups is 5. The van der Waals surface area contributed by atoms with Crippen molar-refractivity contribution in [2.75, 3.05) is 17.7 Å². The second-order valence-corrected chi connectivity index (χ2v) is 8.25. The molecule has 0 radical (unpaired) electrons. The summed E-state index contributed by atoms with van der Waals surface area (Å²) in [5.41, 5.74) is 1.19. The SMILES string of the molecule is CNC(=O)c1ccc(Cl)cc1NC(=O)C(=O)N[C@@H](Cc1ccccc1)C(=O)Nc1ccc(C(=O)O)cc1. The predicted molar refractivity (Wildman–Crippen MR) is 138 cm³/mol. The molecule has 37 heavy (non-hydrogen) atoms. The minimum atomic E-state index is -1.16. The van der Waals surface area contributed by atoms with Gasteiger partial charge in [-0.15, -0.1) is 0 Å². The fraction of sp³-hybridized carbons (Fsp3) is 0.115. The largest absolute Gasteiger partial charge is 0.478 e. The zero-order valence-corrected chi connectivity index (χ0v) is 20.3. The highest BCUT2D eigenvalue weighted by Crippen LogP contribution is 2.21. The Labute approximate surface area is 217 Å². The number of carbonyl (C=O) groups excluding carboxylic acids is 4. The molecule has 3 rings (SSSR count). The molecular formula is C26H23ClN4O6. The van der Waals surface area contributed by atoms with E-state index in [9.17, 15) is 24.0 Å². The van der Waals surface area contributed by atoms with Gasteiger partial charge in [0.05, 0.1) is 16.8 Å². The molecular weight excluding hydrogens is 500 g/mol. The number of nitrogens with one attached hydrogen (secondary N) is 4. The number of carboxylic acids is 1. The summed E-state index contributed by atoms with van der Waals surface area (Å²) in [6, 6.07) is 17.4. The number of halogens is 1. The van der Waals surface area contributed by atoms with Gasteiger partial charge in [-0.1, -0.05) is 41.9 Å². The summed E-state index contributed by atoms with van der Waals surface area (Å²) >= 11 is 5.98. The molecule has 5 N–H and O–H groups in total. The maximum absolute atomic E-state index is 13.0. The molecule has 0 aliphatic carbocycles. The number of hydrogen-bond acceptors (Lipinski definition) is 5. The van der Waals surface area contributed by atoms with E-state index in [0.29, 0.717) is 5.69 Å². The number of benzene rings is 3. The van der Waals surface area contributed by atoms with Crippen LogP contribution in [0.1, 0.15) is 26.3 Å². The molecule has 10 nitrogen and oxygen atoms in total. The maximum Gasteiger partial charge on any atom is 0.335 e. The first-order valence-corrected chi connectivity index (χ1v) is 11.4. The van der Waals surface area contributed by atoms with Gasteiger partial charge in [-0.25, -0.2) is 4.79 Å². The number of carboxylic acid groups (broad SMARTS) is 1. The van der Waals surface area contributed by atoms with E-state index in [1.807, 2.05) is 0 Å². The van der Waals surface area contributed by atoms with Crippen molar-refractivity contribution in [1.29, 1.82) is 0 Å². The lowest BCUT2D eigenvalue weighted by atomic mass is 10.0. The Morgan fingerprint density at radius 2 is 1.54 bits per heavy atom. The van der Waals surface area contributed by atoms with Crippen LogP contribution in [0.5, 0.6) is 0 Å². The van der Waals surface area contributed by atoms with E-state index in [4.69, 9.17) is 16.7 Å². The van der Waals surface area contributed by atoms with Crippen LogP contribution < -0.4 is 21.3 Å². The summed E-state index contributed by atoms with van der Waals surface area (Å²) in [6.07, 6.45) is 0.0690. The summed E-state index contributed by atoms with van der Waals surface area (Å²) in [7, 11) is 1.41. The molecule has 0 aliphatic heterocycles. The van der Waals surface area contributed by atoms with Crippen molar-refractivity contribution in [3.05, 3.63) is 94.5 Å². The van der Waals surface area contributed by atoms with Crippen LogP contribution in [0.25, 0.3) is 0 Å². The molecule has 4 amide bonds. The number of aromatic carboxylic acids is 1. The van der Waals surface area contributed by atoms with Gasteiger partial charge in [0.2, 0.25) is 5.91 Å². The Bertz CT molecular complexity index is 1330. The smallest absolute Gasteiger partial charge is 0.335 e. The standard InChI is InChI=1S/C26H23ClN4O6/c1-28-22(32)19-12-9-17(27)14-20(19)30-24(34)25(35)31-21(13-15-5-3-2-4-6-15)23(33)29-18-10-7-16(8-11-18)26(36)37/h2-12,14,21H,13H2,1H3,(H,28,32)(H,29,33)(H,30,34)(H,31,35)(H,36,37)/t21-/m0/s1. The Morgan fingerprint density at radius 3 is 2.16 bits per heavy atom. The Balaban J connectivity index is 1.77. The molecule has 1 atom stereocenters. The monoisotopic (exact) mass is 522 g/mol. The number of amides is 4. The average Bonchev–Trinajstić information content (AvgIpc) is 2.88. The van der Waals surface area contributed by atoms with Gasteiger partial charge >= 0.3 is 17.8 Å². The molecule has 0 bridgehead atoms. The van der Waals surface area contributed by atoms with Gasteiger partial charge in [0.25, 0.3) is 5.91 Å². The fourth-order valence-electron chi connectivity index (χ4n) is 3.34. The molecule has 190 valence electrons. The van der Waals surface area contributed by atoms with Crippen molar-refractivity contribution >= 4 is 52.6 Å². The van der Waals surface area contributed by atoms with Crippen LogP contribution in [-0.4, -0.2) is 47.8 Å². The molecule has 0 unspecified atom stereocenters. The van der Waals surface area contributed by atoms with Gasteiger partial charge in [0.15, 0.2) is 0 Å². The summed E-state index contributed by atoms with van der Waals surface area (Å²) in [6.45, 7) is 0. The first-order valence-electron chi connectivity index (χ1n) is 11.0. The average molecular weight is 523 g/mol. The summed E-state index contributed by atoms with van der Waals surface area (Å²) in [4.78, 5) is 61.6. The van der Waals surface area contributed by atoms with Gasteiger partial charge in [-0.3, -0.25) is 19.2 Å². The van der Waals surface area contributed by atoms with Crippen molar-refractivity contribution < 1.29 is 29.1 Å². The lowest BCUT2D eigenvalue weighted by molar-refractivity contribution is -0.137. The van der Waals surface area contributed by atoms with Crippen LogP contribution in [0, 0.1) is 0 Å². The van der Waals surface area contributed by atoms with Gasteiger partial charge < -0.3 is 26.4 Å². The molecule has 0 heterocycles. The highest BCUT2D eigenvalue weighted by Gasteiger charge is 2.26. The van der Waals surface area contributed by atoms with Crippen LogP contribution in [0.15, 0.2) is 72.8 Å². The topological polar surface area (TPSA) is 154 Å². The van der Waals surface area contributed by atoms with E-state index in [1.54, 1.807) is 30.3 Å². The van der Waals surface area contributed by atoms with Crippen LogP contribution in [0.2, 0.25) is 5.02 Å². The summed E-state index contributed by atoms with van der Waals surface area (Å²) in [5.74, 6) is -4.45. The van der Waals surface area contributed by atoms with Crippen LogP contribution >= 0.6 is 11.6 Å². The normalized spacial score (nSPS) is 11.1. The van der Waals surface area contributed by atoms with Crippen molar-refractivity contribution in [2.45, 2.75) is 12.5 Å². The highest BCUT2D eigenvalue weighted by atomic mass is 35.5. The van der Waals surface area contributed by atoms with Gasteiger partial charge in [0.1, 0.15) is 6.04 Å². The van der Waals surface area contributed by atoms with Crippen molar-refractivity contribution in [2.24, 2.45) is 0 Å². The van der Waals surface area contributed by atoms with Gasteiger partial charge in [-0.2, -0.15) is 0 Å². The fourth-order valence-corrected chi connectivity index (χ4v) is 3.51. The minimum Gasteiger partial charge on any atom is -0.478 e. The van der Waals surface area contributed by atoms with Crippen molar-refractivity contribution in [3.8, 4) is 0 Å². The van der Waals surface area contributed by atoms with Crippen LogP contribution in [-0.2, 0) is 20.8 Å². The number of rotatable bonds is 8. The predicted octanol–water partition coefficient (Wildman–Crippen LogP) is 2.70. The van der Waals surface area contributed by atoms with E-state index in [0.717, 1.165) is 5.56 Å². The first-order chi connectivity index (χ1) is 17.7. The Kier molecular flexibility index (Phi) is 8.95. The maximum atomic E-state index is 13.0. The second-order valence-electron chi connectivity index (χ2n) is 7.81. The molecule has 0 saturated carbocycles. The molecule has 0 aromatic heterocycles. The van der Waals surface area contributed by atoms with Crippen LogP contribution in [0.3, 0.4) is 0 Å². The lowest BCUT2D eigenvalue weighted by Gasteiger charge is -2.19. The molecule has 3 aromatic rings. The Morgan fingerprint density at radius 1 is 0.865 bits per heavy atom. The van der Waals surface area contributed by atoms with E-state index in [-0.39, 0.29) is 28.3 Å². The summed E-state index contributed by atoms with van der Waals surface area (Å²) < 4.78 is 0. The van der Waals surface area contributed by atoms with Gasteiger partial charge in [-0.05, 0) is 48.0 Å². The third-order valence-corrected chi connectivity index (χ3v) is 5.45. The van der Waals surface area contributed by atoms with E-state index >= 15 is 0 Å². The highest BCUT2D eigenvalue weighted by molar-refractivity contribution is 6.40. The zero-order chi connectivity index (χ0) is 26.9. The van der Waals surface area contributed by atoms with Gasteiger partial charge in [0, 0.05) is 24.2 Å². The lowest BCUT2D eigenvalue weighted by Crippen LogP contribution is -2.49. The van der Waals surface area contributed by atoms with Crippen molar-refractivity contribution in [1.82, 2.24) is 10.6 Å². The van der Waals surface area contributed by atoms with E-state index in [2.05, 4.69) is 21.3 Å². The Hall–Kier alpha value is -4.70. The molecule has 0 aliphatic rings.